The summed E-state index contributed by atoms with van der Waals surface area (Å²) in [6.45, 7) is 1.21. The van der Waals surface area contributed by atoms with Crippen molar-refractivity contribution in [2.24, 2.45) is 0 Å². The van der Waals surface area contributed by atoms with Gasteiger partial charge in [-0.3, -0.25) is 9.59 Å². The molecule has 1 atom stereocenters. The molecule has 144 valence electrons. The lowest BCUT2D eigenvalue weighted by molar-refractivity contribution is -0.154. The zero-order valence-corrected chi connectivity index (χ0v) is 15.4. The lowest BCUT2D eigenvalue weighted by atomic mass is 10.2. The number of hydrogen-bond acceptors (Lipinski definition) is 5. The number of sulfonamides is 1. The standard InChI is InChI=1S/C17H23FN2O5S/c1-12(17(22)20-13-6-2-3-7-13)25-16(21)10-11-19-26(23,24)15-9-5-4-8-14(15)18/h4-5,8-9,12-13,19H,2-3,6-7,10-11H2,1H3,(H,20,22). The molecule has 2 rings (SSSR count). The molecule has 1 amide bonds. The summed E-state index contributed by atoms with van der Waals surface area (Å²) < 4.78 is 44.7. The van der Waals surface area contributed by atoms with E-state index in [0.717, 1.165) is 37.8 Å². The molecule has 0 radical (unpaired) electrons. The fraction of sp³-hybridized carbons (Fsp3) is 0.529. The molecule has 0 spiro atoms. The summed E-state index contributed by atoms with van der Waals surface area (Å²) in [5.74, 6) is -1.95. The van der Waals surface area contributed by atoms with Gasteiger partial charge in [-0.15, -0.1) is 0 Å². The van der Waals surface area contributed by atoms with Crippen LogP contribution in [0.1, 0.15) is 39.0 Å². The van der Waals surface area contributed by atoms with Crippen LogP contribution in [0.5, 0.6) is 0 Å². The number of rotatable bonds is 8. The third-order valence-corrected chi connectivity index (χ3v) is 5.62. The van der Waals surface area contributed by atoms with Gasteiger partial charge in [-0.1, -0.05) is 25.0 Å². The van der Waals surface area contributed by atoms with Crippen LogP contribution in [-0.2, 0) is 24.3 Å². The Hall–Kier alpha value is -2.00. The van der Waals surface area contributed by atoms with Gasteiger partial charge in [-0.05, 0) is 31.9 Å². The van der Waals surface area contributed by atoms with Gasteiger partial charge in [0.25, 0.3) is 5.91 Å². The van der Waals surface area contributed by atoms with Crippen LogP contribution in [-0.4, -0.2) is 39.0 Å². The van der Waals surface area contributed by atoms with E-state index in [1.807, 2.05) is 0 Å². The first-order valence-corrected chi connectivity index (χ1v) is 10.0. The van der Waals surface area contributed by atoms with Crippen molar-refractivity contribution in [1.82, 2.24) is 10.0 Å². The van der Waals surface area contributed by atoms with E-state index >= 15 is 0 Å². The maximum absolute atomic E-state index is 13.5. The summed E-state index contributed by atoms with van der Waals surface area (Å²) >= 11 is 0. The van der Waals surface area contributed by atoms with Crippen molar-refractivity contribution in [1.29, 1.82) is 0 Å². The molecule has 1 fully saturated rings. The maximum atomic E-state index is 13.5. The number of hydrogen-bond donors (Lipinski definition) is 2. The van der Waals surface area contributed by atoms with Crippen molar-refractivity contribution < 1.29 is 27.1 Å². The van der Waals surface area contributed by atoms with E-state index in [0.29, 0.717) is 0 Å². The molecule has 0 bridgehead atoms. The Kier molecular flexibility index (Phi) is 7.10. The fourth-order valence-corrected chi connectivity index (χ4v) is 3.83. The normalized spacial score (nSPS) is 16.2. The maximum Gasteiger partial charge on any atom is 0.307 e. The quantitative estimate of drug-likeness (QED) is 0.659. The fourth-order valence-electron chi connectivity index (χ4n) is 2.73. The minimum atomic E-state index is -4.06. The molecule has 1 saturated carbocycles. The van der Waals surface area contributed by atoms with Gasteiger partial charge in [0.1, 0.15) is 10.7 Å². The van der Waals surface area contributed by atoms with Crippen LogP contribution in [0.25, 0.3) is 0 Å². The number of benzene rings is 1. The molecule has 7 nitrogen and oxygen atoms in total. The number of carbonyl (C=O) groups is 2. The van der Waals surface area contributed by atoms with Crippen molar-refractivity contribution >= 4 is 21.9 Å². The molecule has 2 N–H and O–H groups in total. The summed E-state index contributed by atoms with van der Waals surface area (Å²) in [7, 11) is -4.06. The Morgan fingerprint density at radius 1 is 1.27 bits per heavy atom. The first-order chi connectivity index (χ1) is 12.3. The van der Waals surface area contributed by atoms with Crippen LogP contribution in [0, 0.1) is 5.82 Å². The number of amides is 1. The third-order valence-electron chi connectivity index (χ3n) is 4.13. The van der Waals surface area contributed by atoms with Crippen molar-refractivity contribution in [3.63, 3.8) is 0 Å². The van der Waals surface area contributed by atoms with E-state index in [2.05, 4.69) is 10.0 Å². The van der Waals surface area contributed by atoms with Crippen LogP contribution in [0.3, 0.4) is 0 Å². The Morgan fingerprint density at radius 3 is 2.58 bits per heavy atom. The highest BCUT2D eigenvalue weighted by molar-refractivity contribution is 7.89. The molecule has 0 aromatic heterocycles. The summed E-state index contributed by atoms with van der Waals surface area (Å²) in [6.07, 6.45) is 2.76. The summed E-state index contributed by atoms with van der Waals surface area (Å²) in [5.41, 5.74) is 0. The van der Waals surface area contributed by atoms with Gasteiger partial charge >= 0.3 is 5.97 Å². The number of ether oxygens (including phenoxy) is 1. The zero-order valence-electron chi connectivity index (χ0n) is 14.5. The SMILES string of the molecule is CC(OC(=O)CCNS(=O)(=O)c1ccccc1F)C(=O)NC1CCCC1. The van der Waals surface area contributed by atoms with E-state index in [1.165, 1.54) is 19.1 Å². The Labute approximate surface area is 152 Å². The molecular formula is C17H23FN2O5S. The van der Waals surface area contributed by atoms with Gasteiger partial charge in [0.2, 0.25) is 10.0 Å². The second-order valence-electron chi connectivity index (χ2n) is 6.20. The van der Waals surface area contributed by atoms with E-state index in [-0.39, 0.29) is 24.9 Å². The average molecular weight is 386 g/mol. The predicted molar refractivity (Wildman–Crippen MR) is 92.2 cm³/mol. The topological polar surface area (TPSA) is 102 Å². The first kappa shape index (κ1) is 20.3. The average Bonchev–Trinajstić information content (AvgIpc) is 3.07. The molecule has 1 aliphatic rings. The molecule has 1 aliphatic carbocycles. The van der Waals surface area contributed by atoms with E-state index in [9.17, 15) is 22.4 Å². The van der Waals surface area contributed by atoms with E-state index in [4.69, 9.17) is 4.74 Å². The molecule has 9 heteroatoms. The largest absolute Gasteiger partial charge is 0.453 e. The highest BCUT2D eigenvalue weighted by Gasteiger charge is 2.23. The summed E-state index contributed by atoms with van der Waals surface area (Å²) in [6, 6.07) is 5.07. The van der Waals surface area contributed by atoms with Crippen molar-refractivity contribution in [3.05, 3.63) is 30.1 Å². The monoisotopic (exact) mass is 386 g/mol. The number of esters is 1. The van der Waals surface area contributed by atoms with Gasteiger partial charge < -0.3 is 10.1 Å². The van der Waals surface area contributed by atoms with Crippen molar-refractivity contribution in [2.45, 2.75) is 56.1 Å². The van der Waals surface area contributed by atoms with Gasteiger partial charge in [0.15, 0.2) is 6.10 Å². The smallest absolute Gasteiger partial charge is 0.307 e. The minimum Gasteiger partial charge on any atom is -0.453 e. The van der Waals surface area contributed by atoms with Gasteiger partial charge in [-0.25, -0.2) is 17.5 Å². The van der Waals surface area contributed by atoms with Crippen LogP contribution < -0.4 is 10.0 Å². The number of nitrogens with one attached hydrogen (secondary N) is 2. The molecule has 26 heavy (non-hydrogen) atoms. The number of carbonyl (C=O) groups excluding carboxylic acids is 2. The lowest BCUT2D eigenvalue weighted by Gasteiger charge is -2.17. The molecule has 0 saturated heterocycles. The molecule has 1 unspecified atom stereocenters. The first-order valence-electron chi connectivity index (χ1n) is 8.53. The minimum absolute atomic E-state index is 0.122. The lowest BCUT2D eigenvalue weighted by Crippen LogP contribution is -2.41. The van der Waals surface area contributed by atoms with Crippen molar-refractivity contribution in [3.8, 4) is 0 Å². The molecule has 0 aliphatic heterocycles. The van der Waals surface area contributed by atoms with Crippen LogP contribution in [0.15, 0.2) is 29.2 Å². The highest BCUT2D eigenvalue weighted by Crippen LogP contribution is 2.18. The van der Waals surface area contributed by atoms with Crippen LogP contribution in [0.2, 0.25) is 0 Å². The Morgan fingerprint density at radius 2 is 1.92 bits per heavy atom. The Balaban J connectivity index is 1.76. The summed E-state index contributed by atoms with van der Waals surface area (Å²) in [4.78, 5) is 23.2. The van der Waals surface area contributed by atoms with Crippen molar-refractivity contribution in [2.75, 3.05) is 6.54 Å². The van der Waals surface area contributed by atoms with Crippen LogP contribution >= 0.6 is 0 Å². The number of halogens is 1. The van der Waals surface area contributed by atoms with Gasteiger partial charge in [0, 0.05) is 12.6 Å². The third kappa shape index (κ3) is 5.77. The van der Waals surface area contributed by atoms with E-state index in [1.54, 1.807) is 0 Å². The van der Waals surface area contributed by atoms with Gasteiger partial charge in [0.05, 0.1) is 6.42 Å². The Bertz CT molecular complexity index is 747. The van der Waals surface area contributed by atoms with Crippen LogP contribution in [0.4, 0.5) is 4.39 Å². The molecular weight excluding hydrogens is 363 g/mol. The van der Waals surface area contributed by atoms with E-state index < -0.39 is 32.8 Å². The second kappa shape index (κ2) is 9.09. The molecule has 0 heterocycles. The second-order valence-corrected chi connectivity index (χ2v) is 7.94. The molecule has 1 aromatic rings. The van der Waals surface area contributed by atoms with Gasteiger partial charge in [-0.2, -0.15) is 0 Å². The molecule has 1 aromatic carbocycles. The highest BCUT2D eigenvalue weighted by atomic mass is 32.2. The predicted octanol–water partition coefficient (Wildman–Crippen LogP) is 1.48. The summed E-state index contributed by atoms with van der Waals surface area (Å²) in [5, 5.41) is 2.82. The zero-order chi connectivity index (χ0) is 19.2.